The smallest absolute Gasteiger partial charge is 0.246 e. The Morgan fingerprint density at radius 2 is 2.08 bits per heavy atom. The highest BCUT2D eigenvalue weighted by atomic mass is 35.5. The number of rotatable bonds is 3. The van der Waals surface area contributed by atoms with Gasteiger partial charge in [-0.3, -0.25) is 4.79 Å². The highest BCUT2D eigenvalue weighted by Crippen LogP contribution is 2.33. The number of aromatic nitrogens is 1. The third kappa shape index (κ3) is 3.66. The lowest BCUT2D eigenvalue weighted by Crippen LogP contribution is -2.52. The lowest BCUT2D eigenvalue weighted by Gasteiger charge is -2.31. The van der Waals surface area contributed by atoms with Crippen molar-refractivity contribution >= 4 is 34.8 Å². The summed E-state index contributed by atoms with van der Waals surface area (Å²) in [5.41, 5.74) is 8.68. The quantitative estimate of drug-likeness (QED) is 0.851. The first-order valence-electron chi connectivity index (χ1n) is 8.46. The summed E-state index contributed by atoms with van der Waals surface area (Å²) >= 11 is 1.44. The fourth-order valence-electron chi connectivity index (χ4n) is 3.44. The van der Waals surface area contributed by atoms with E-state index in [0.717, 1.165) is 62.1 Å². The largest absolute Gasteiger partial charge is 0.493 e. The van der Waals surface area contributed by atoms with Crippen LogP contribution in [0.15, 0.2) is 23.6 Å². The Labute approximate surface area is 157 Å². The van der Waals surface area contributed by atoms with E-state index in [4.69, 9.17) is 10.5 Å². The minimum absolute atomic E-state index is 0. The summed E-state index contributed by atoms with van der Waals surface area (Å²) in [6, 6.07) is 6.12. The van der Waals surface area contributed by atoms with Gasteiger partial charge in [-0.1, -0.05) is 19.3 Å². The molecule has 2 heterocycles. The van der Waals surface area contributed by atoms with Gasteiger partial charge in [-0.05, 0) is 36.6 Å². The zero-order chi connectivity index (χ0) is 16.6. The number of hydrogen-bond donors (Lipinski definition) is 2. The molecule has 2 aliphatic rings. The number of halogens is 1. The number of thiazole rings is 1. The van der Waals surface area contributed by atoms with Crippen LogP contribution in [-0.2, 0) is 11.2 Å². The number of hydrogen-bond acceptors (Lipinski definition) is 5. The van der Waals surface area contributed by atoms with Crippen LogP contribution in [0.5, 0.6) is 5.75 Å². The zero-order valence-corrected chi connectivity index (χ0v) is 15.5. The molecule has 7 heteroatoms. The van der Waals surface area contributed by atoms with E-state index in [1.807, 2.05) is 17.5 Å². The summed E-state index contributed by atoms with van der Waals surface area (Å²) in [6.07, 6.45) is 5.64. The third-order valence-corrected chi connectivity index (χ3v) is 5.67. The van der Waals surface area contributed by atoms with Gasteiger partial charge in [0, 0.05) is 17.4 Å². The first-order valence-corrected chi connectivity index (χ1v) is 9.34. The number of fused-ring (bicyclic) bond motifs is 1. The maximum Gasteiger partial charge on any atom is 0.246 e. The molecule has 134 valence electrons. The van der Waals surface area contributed by atoms with Gasteiger partial charge in [0.25, 0.3) is 0 Å². The average Bonchev–Trinajstić information content (AvgIpc) is 3.23. The number of amides is 1. The lowest BCUT2D eigenvalue weighted by atomic mass is 9.82. The van der Waals surface area contributed by atoms with E-state index in [0.29, 0.717) is 5.13 Å². The fraction of sp³-hybridized carbons (Fsp3) is 0.444. The minimum atomic E-state index is -0.741. The molecule has 25 heavy (non-hydrogen) atoms. The van der Waals surface area contributed by atoms with Crippen LogP contribution in [0.1, 0.15) is 37.7 Å². The third-order valence-electron chi connectivity index (χ3n) is 4.91. The van der Waals surface area contributed by atoms with E-state index in [-0.39, 0.29) is 18.3 Å². The standard InChI is InChI=1S/C18H21N3O2S.ClH/c19-18(7-2-1-3-8-18)16(22)21-17-20-14(11-24-17)12-4-5-15-13(10-12)6-9-23-15;/h4-5,10-11H,1-3,6-9,19H2,(H,20,21,22);1H. The van der Waals surface area contributed by atoms with Crippen LogP contribution in [0.3, 0.4) is 0 Å². The highest BCUT2D eigenvalue weighted by Gasteiger charge is 2.35. The minimum Gasteiger partial charge on any atom is -0.493 e. The molecule has 0 atom stereocenters. The zero-order valence-electron chi connectivity index (χ0n) is 13.9. The maximum absolute atomic E-state index is 12.5. The van der Waals surface area contributed by atoms with Crippen molar-refractivity contribution in [1.82, 2.24) is 4.98 Å². The Morgan fingerprint density at radius 1 is 1.28 bits per heavy atom. The second-order valence-corrected chi connectivity index (χ2v) is 7.49. The molecular weight excluding hydrogens is 358 g/mol. The molecule has 5 nitrogen and oxygen atoms in total. The van der Waals surface area contributed by atoms with Crippen molar-refractivity contribution in [2.75, 3.05) is 11.9 Å². The molecule has 2 aromatic rings. The Kier molecular flexibility index (Phi) is 5.32. The first kappa shape index (κ1) is 18.2. The molecule has 1 aromatic carbocycles. The normalized spacial score (nSPS) is 18.0. The number of anilines is 1. The summed E-state index contributed by atoms with van der Waals surface area (Å²) < 4.78 is 5.54. The highest BCUT2D eigenvalue weighted by molar-refractivity contribution is 7.14. The van der Waals surface area contributed by atoms with Crippen LogP contribution in [0.25, 0.3) is 11.3 Å². The molecule has 4 rings (SSSR count). The van der Waals surface area contributed by atoms with Gasteiger partial charge in [0.05, 0.1) is 17.8 Å². The van der Waals surface area contributed by atoms with Crippen LogP contribution in [0, 0.1) is 0 Å². The van der Waals surface area contributed by atoms with Gasteiger partial charge >= 0.3 is 0 Å². The topological polar surface area (TPSA) is 77.2 Å². The summed E-state index contributed by atoms with van der Waals surface area (Å²) in [6.45, 7) is 0.746. The molecule has 3 N–H and O–H groups in total. The second kappa shape index (κ2) is 7.32. The lowest BCUT2D eigenvalue weighted by molar-refractivity contribution is -0.122. The average molecular weight is 380 g/mol. The summed E-state index contributed by atoms with van der Waals surface area (Å²) in [4.78, 5) is 17.1. The first-order chi connectivity index (χ1) is 11.6. The summed E-state index contributed by atoms with van der Waals surface area (Å²) in [7, 11) is 0. The van der Waals surface area contributed by atoms with Crippen LogP contribution in [0.4, 0.5) is 5.13 Å². The molecule has 1 amide bonds. The van der Waals surface area contributed by atoms with E-state index in [1.165, 1.54) is 16.9 Å². The number of carbonyl (C=O) groups is 1. The Bertz CT molecular complexity index is 771. The van der Waals surface area contributed by atoms with Crippen LogP contribution in [-0.4, -0.2) is 23.0 Å². The maximum atomic E-state index is 12.5. The number of benzene rings is 1. The predicted molar refractivity (Wildman–Crippen MR) is 103 cm³/mol. The monoisotopic (exact) mass is 379 g/mol. The molecule has 1 aliphatic heterocycles. The van der Waals surface area contributed by atoms with E-state index < -0.39 is 5.54 Å². The van der Waals surface area contributed by atoms with Crippen molar-refractivity contribution < 1.29 is 9.53 Å². The summed E-state index contributed by atoms with van der Waals surface area (Å²) in [5, 5.41) is 5.50. The van der Waals surface area contributed by atoms with Crippen LogP contribution < -0.4 is 15.8 Å². The molecule has 0 saturated heterocycles. The fourth-order valence-corrected chi connectivity index (χ4v) is 4.16. The number of ether oxygens (including phenoxy) is 1. The van der Waals surface area contributed by atoms with Crippen LogP contribution in [0.2, 0.25) is 0 Å². The number of nitrogens with one attached hydrogen (secondary N) is 1. The van der Waals surface area contributed by atoms with Crippen molar-refractivity contribution in [2.24, 2.45) is 5.73 Å². The molecule has 0 radical (unpaired) electrons. The van der Waals surface area contributed by atoms with Crippen LogP contribution >= 0.6 is 23.7 Å². The van der Waals surface area contributed by atoms with Crippen molar-refractivity contribution in [3.8, 4) is 17.0 Å². The number of nitrogens with zero attached hydrogens (tertiary/aromatic N) is 1. The van der Waals surface area contributed by atoms with Crippen molar-refractivity contribution in [3.63, 3.8) is 0 Å². The van der Waals surface area contributed by atoms with Crippen molar-refractivity contribution in [3.05, 3.63) is 29.1 Å². The number of carbonyl (C=O) groups excluding carboxylic acids is 1. The van der Waals surface area contributed by atoms with Gasteiger partial charge in [-0.25, -0.2) is 4.98 Å². The molecule has 0 spiro atoms. The van der Waals surface area contributed by atoms with Gasteiger partial charge in [0.15, 0.2) is 5.13 Å². The van der Waals surface area contributed by atoms with Crippen molar-refractivity contribution in [2.45, 2.75) is 44.1 Å². The molecule has 1 saturated carbocycles. The number of nitrogens with two attached hydrogens (primary N) is 1. The molecule has 1 aromatic heterocycles. The van der Waals surface area contributed by atoms with E-state index >= 15 is 0 Å². The Hall–Kier alpha value is -1.63. The van der Waals surface area contributed by atoms with E-state index in [2.05, 4.69) is 16.4 Å². The summed E-state index contributed by atoms with van der Waals surface area (Å²) in [5.74, 6) is 0.857. The van der Waals surface area contributed by atoms with Gasteiger partial charge in [0.1, 0.15) is 5.75 Å². The van der Waals surface area contributed by atoms with Gasteiger partial charge in [-0.2, -0.15) is 0 Å². The molecule has 0 unspecified atom stereocenters. The Balaban J connectivity index is 0.00000182. The molecule has 0 bridgehead atoms. The van der Waals surface area contributed by atoms with Crippen molar-refractivity contribution in [1.29, 1.82) is 0 Å². The van der Waals surface area contributed by atoms with Gasteiger partial charge in [0.2, 0.25) is 5.91 Å². The predicted octanol–water partition coefficient (Wildman–Crippen LogP) is 3.77. The second-order valence-electron chi connectivity index (χ2n) is 6.63. The molecule has 1 fully saturated rings. The molecular formula is C18H22ClN3O2S. The van der Waals surface area contributed by atoms with E-state index in [1.54, 1.807) is 0 Å². The van der Waals surface area contributed by atoms with Gasteiger partial charge < -0.3 is 15.8 Å². The Morgan fingerprint density at radius 3 is 2.88 bits per heavy atom. The SMILES string of the molecule is Cl.NC1(C(=O)Nc2nc(-c3ccc4c(c3)CCO4)cs2)CCCCC1. The van der Waals surface area contributed by atoms with Gasteiger partial charge in [-0.15, -0.1) is 23.7 Å². The van der Waals surface area contributed by atoms with E-state index in [9.17, 15) is 4.79 Å². The molecule has 1 aliphatic carbocycles.